The first kappa shape index (κ1) is 15.9. The van der Waals surface area contributed by atoms with Gasteiger partial charge in [0.2, 0.25) is 0 Å². The van der Waals surface area contributed by atoms with Crippen molar-refractivity contribution < 1.29 is 9.72 Å². The molecule has 0 atom stereocenters. The van der Waals surface area contributed by atoms with Gasteiger partial charge in [-0.05, 0) is 12.1 Å². The van der Waals surface area contributed by atoms with Gasteiger partial charge in [-0.1, -0.05) is 29.8 Å². The lowest BCUT2D eigenvalue weighted by Gasteiger charge is -2.04. The van der Waals surface area contributed by atoms with Crippen LogP contribution in [-0.4, -0.2) is 19.6 Å². The average molecular weight is 391 g/mol. The van der Waals surface area contributed by atoms with Crippen molar-refractivity contribution in [3.05, 3.63) is 56.4 Å². The van der Waals surface area contributed by atoms with Crippen LogP contribution in [-0.2, 0) is 0 Å². The fourth-order valence-corrected chi connectivity index (χ4v) is 4.49. The number of aromatic nitrogens is 2. The Morgan fingerprint density at radius 1 is 1.20 bits per heavy atom. The first-order valence-corrected chi connectivity index (χ1v) is 8.87. The molecule has 0 saturated heterocycles. The molecule has 4 aromatic rings. The van der Waals surface area contributed by atoms with Gasteiger partial charge < -0.3 is 5.32 Å². The van der Waals surface area contributed by atoms with Crippen LogP contribution in [0.4, 0.5) is 11.4 Å². The zero-order valence-corrected chi connectivity index (χ0v) is 14.6. The molecule has 2 heterocycles. The fourth-order valence-electron chi connectivity index (χ4n) is 2.45. The monoisotopic (exact) mass is 390 g/mol. The lowest BCUT2D eigenvalue weighted by molar-refractivity contribution is -0.382. The lowest BCUT2D eigenvalue weighted by atomic mass is 10.2. The Morgan fingerprint density at radius 3 is 2.80 bits per heavy atom. The van der Waals surface area contributed by atoms with Crippen LogP contribution in [0.5, 0.6) is 0 Å². The predicted molar refractivity (Wildman–Crippen MR) is 98.9 cm³/mol. The summed E-state index contributed by atoms with van der Waals surface area (Å²) in [7, 11) is 0. The standard InChI is InChI=1S/C15H7ClN4O3S2/c16-11-7-3-1-6-10(20(22)23)13(7)24-14(11)15(21)17-8-4-2-5-9-12(8)19-25-18-9/h1-6H,(H,17,21). The molecule has 0 aliphatic carbocycles. The molecule has 1 N–H and O–H groups in total. The highest BCUT2D eigenvalue weighted by molar-refractivity contribution is 7.22. The quantitative estimate of drug-likeness (QED) is 0.403. The van der Waals surface area contributed by atoms with Gasteiger partial charge in [0.1, 0.15) is 20.6 Å². The second-order valence-corrected chi connectivity index (χ2v) is 6.97. The molecule has 2 aromatic carbocycles. The number of rotatable bonds is 3. The van der Waals surface area contributed by atoms with Crippen molar-refractivity contribution in [3.63, 3.8) is 0 Å². The maximum Gasteiger partial charge on any atom is 0.287 e. The van der Waals surface area contributed by atoms with E-state index in [1.165, 1.54) is 6.07 Å². The zero-order chi connectivity index (χ0) is 17.6. The van der Waals surface area contributed by atoms with Crippen molar-refractivity contribution in [2.75, 3.05) is 5.32 Å². The van der Waals surface area contributed by atoms with E-state index < -0.39 is 10.8 Å². The van der Waals surface area contributed by atoms with E-state index in [4.69, 9.17) is 11.6 Å². The van der Waals surface area contributed by atoms with Crippen LogP contribution < -0.4 is 5.32 Å². The van der Waals surface area contributed by atoms with Gasteiger partial charge in [0.15, 0.2) is 0 Å². The topological polar surface area (TPSA) is 98.0 Å². The molecule has 0 unspecified atom stereocenters. The third kappa shape index (κ3) is 2.62. The van der Waals surface area contributed by atoms with E-state index in [2.05, 4.69) is 14.1 Å². The minimum atomic E-state index is -0.488. The Labute approximate surface area is 153 Å². The Bertz CT molecular complexity index is 1150. The average Bonchev–Trinajstić information content (AvgIpc) is 3.20. The molecule has 0 saturated carbocycles. The number of nitro benzene ring substituents is 1. The molecular formula is C15H7ClN4O3S2. The van der Waals surface area contributed by atoms with Gasteiger partial charge in [-0.3, -0.25) is 14.9 Å². The fraction of sp³-hybridized carbons (Fsp3) is 0. The number of carbonyl (C=O) groups is 1. The molecule has 7 nitrogen and oxygen atoms in total. The molecule has 25 heavy (non-hydrogen) atoms. The van der Waals surface area contributed by atoms with Gasteiger partial charge in [0.05, 0.1) is 27.4 Å². The van der Waals surface area contributed by atoms with Crippen LogP contribution >= 0.6 is 34.7 Å². The number of halogens is 1. The number of nitrogens with zero attached hydrogens (tertiary/aromatic N) is 3. The van der Waals surface area contributed by atoms with Gasteiger partial charge in [-0.25, -0.2) is 0 Å². The molecule has 0 spiro atoms. The van der Waals surface area contributed by atoms with E-state index in [1.54, 1.807) is 30.3 Å². The molecule has 0 radical (unpaired) electrons. The maximum atomic E-state index is 12.7. The summed E-state index contributed by atoms with van der Waals surface area (Å²) in [6.07, 6.45) is 0. The summed E-state index contributed by atoms with van der Waals surface area (Å²) in [6.45, 7) is 0. The molecule has 0 aliphatic rings. The van der Waals surface area contributed by atoms with E-state index in [9.17, 15) is 14.9 Å². The number of anilines is 1. The molecule has 0 bridgehead atoms. The van der Waals surface area contributed by atoms with E-state index in [0.29, 0.717) is 26.8 Å². The van der Waals surface area contributed by atoms with Gasteiger partial charge >= 0.3 is 0 Å². The van der Waals surface area contributed by atoms with Crippen LogP contribution in [0, 0.1) is 10.1 Å². The molecule has 4 rings (SSSR count). The van der Waals surface area contributed by atoms with Crippen molar-refractivity contribution in [2.45, 2.75) is 0 Å². The minimum Gasteiger partial charge on any atom is -0.319 e. The van der Waals surface area contributed by atoms with E-state index >= 15 is 0 Å². The summed E-state index contributed by atoms with van der Waals surface area (Å²) in [6, 6.07) is 9.86. The second-order valence-electron chi connectivity index (χ2n) is 5.05. The van der Waals surface area contributed by atoms with Gasteiger partial charge in [0, 0.05) is 11.5 Å². The Kier molecular flexibility index (Phi) is 3.83. The summed E-state index contributed by atoms with van der Waals surface area (Å²) in [5, 5.41) is 14.6. The number of nitro groups is 1. The summed E-state index contributed by atoms with van der Waals surface area (Å²) >= 11 is 8.34. The number of amides is 1. The first-order valence-electron chi connectivity index (χ1n) is 6.94. The van der Waals surface area contributed by atoms with Crippen LogP contribution in [0.25, 0.3) is 21.1 Å². The third-order valence-electron chi connectivity index (χ3n) is 3.57. The highest BCUT2D eigenvalue weighted by Crippen LogP contribution is 2.40. The number of nitrogens with one attached hydrogen (secondary N) is 1. The maximum absolute atomic E-state index is 12.7. The number of carbonyl (C=O) groups excluding carboxylic acids is 1. The SMILES string of the molecule is O=C(Nc1cccc2nsnc12)c1sc2c([N+](=O)[O-])cccc2c1Cl. The Morgan fingerprint density at radius 2 is 2.00 bits per heavy atom. The summed E-state index contributed by atoms with van der Waals surface area (Å²) in [4.78, 5) is 23.5. The molecule has 0 fully saturated rings. The molecular weight excluding hydrogens is 384 g/mol. The lowest BCUT2D eigenvalue weighted by Crippen LogP contribution is -2.10. The predicted octanol–water partition coefficient (Wildman–Crippen LogP) is 4.72. The third-order valence-corrected chi connectivity index (χ3v) is 5.85. The Balaban J connectivity index is 1.78. The highest BCUT2D eigenvalue weighted by Gasteiger charge is 2.23. The molecule has 10 heteroatoms. The zero-order valence-electron chi connectivity index (χ0n) is 12.2. The smallest absolute Gasteiger partial charge is 0.287 e. The largest absolute Gasteiger partial charge is 0.319 e. The molecule has 2 aromatic heterocycles. The van der Waals surface area contributed by atoms with Crippen LogP contribution in [0.15, 0.2) is 36.4 Å². The minimum absolute atomic E-state index is 0.0748. The number of hydrogen-bond acceptors (Lipinski definition) is 7. The van der Waals surface area contributed by atoms with Gasteiger partial charge in [-0.2, -0.15) is 8.75 Å². The van der Waals surface area contributed by atoms with Crippen molar-refractivity contribution in [1.82, 2.24) is 8.75 Å². The van der Waals surface area contributed by atoms with Crippen molar-refractivity contribution in [3.8, 4) is 0 Å². The summed E-state index contributed by atoms with van der Waals surface area (Å²) < 4.78 is 8.66. The first-order chi connectivity index (χ1) is 12.1. The van der Waals surface area contributed by atoms with Gasteiger partial charge in [-0.15, -0.1) is 11.3 Å². The Hall–Kier alpha value is -2.62. The van der Waals surface area contributed by atoms with Crippen LogP contribution in [0.1, 0.15) is 9.67 Å². The highest BCUT2D eigenvalue weighted by atomic mass is 35.5. The normalized spacial score (nSPS) is 11.1. The van der Waals surface area contributed by atoms with Crippen LogP contribution in [0.2, 0.25) is 5.02 Å². The number of fused-ring (bicyclic) bond motifs is 2. The number of thiophene rings is 1. The number of benzene rings is 2. The molecule has 124 valence electrons. The molecule has 0 aliphatic heterocycles. The number of hydrogen-bond donors (Lipinski definition) is 1. The number of non-ortho nitro benzene ring substituents is 1. The van der Waals surface area contributed by atoms with E-state index in [-0.39, 0.29) is 15.6 Å². The second kappa shape index (κ2) is 6.03. The van der Waals surface area contributed by atoms with Gasteiger partial charge in [0.25, 0.3) is 11.6 Å². The van der Waals surface area contributed by atoms with Crippen molar-refractivity contribution in [2.24, 2.45) is 0 Å². The van der Waals surface area contributed by atoms with Crippen molar-refractivity contribution in [1.29, 1.82) is 0 Å². The molecule has 1 amide bonds. The van der Waals surface area contributed by atoms with E-state index in [0.717, 1.165) is 23.1 Å². The summed E-state index contributed by atoms with van der Waals surface area (Å²) in [5.74, 6) is -0.444. The van der Waals surface area contributed by atoms with Crippen LogP contribution in [0.3, 0.4) is 0 Å². The summed E-state index contributed by atoms with van der Waals surface area (Å²) in [5.41, 5.74) is 1.71. The van der Waals surface area contributed by atoms with Crippen molar-refractivity contribution >= 4 is 73.1 Å². The van der Waals surface area contributed by atoms with E-state index in [1.807, 2.05) is 0 Å².